The van der Waals surface area contributed by atoms with Crippen LogP contribution in [0.2, 0.25) is 0 Å². The summed E-state index contributed by atoms with van der Waals surface area (Å²) in [5.41, 5.74) is 0. The summed E-state index contributed by atoms with van der Waals surface area (Å²) in [6.07, 6.45) is 2.21. The maximum atomic E-state index is 11.6. The SMILES string of the molecule is CC(C)C(C)NCCS(=O)(=O)CC1CC1. The Morgan fingerprint density at radius 1 is 1.27 bits per heavy atom. The van der Waals surface area contributed by atoms with E-state index in [1.807, 2.05) is 0 Å². The highest BCUT2D eigenvalue weighted by atomic mass is 32.2. The van der Waals surface area contributed by atoms with Gasteiger partial charge in [0.2, 0.25) is 0 Å². The molecular weight excluding hydrogens is 210 g/mol. The average molecular weight is 233 g/mol. The van der Waals surface area contributed by atoms with Crippen LogP contribution in [0.4, 0.5) is 0 Å². The van der Waals surface area contributed by atoms with E-state index in [0.29, 0.717) is 35.9 Å². The lowest BCUT2D eigenvalue weighted by atomic mass is 10.1. The Balaban J connectivity index is 2.17. The van der Waals surface area contributed by atoms with Crippen molar-refractivity contribution >= 4 is 9.84 Å². The summed E-state index contributed by atoms with van der Waals surface area (Å²) in [5, 5.41) is 3.25. The molecule has 1 aliphatic rings. The van der Waals surface area contributed by atoms with Crippen LogP contribution < -0.4 is 5.32 Å². The maximum absolute atomic E-state index is 11.6. The van der Waals surface area contributed by atoms with Crippen molar-refractivity contribution in [2.45, 2.75) is 39.7 Å². The summed E-state index contributed by atoms with van der Waals surface area (Å²) < 4.78 is 23.2. The van der Waals surface area contributed by atoms with Gasteiger partial charge in [-0.25, -0.2) is 8.42 Å². The molecule has 0 radical (unpaired) electrons. The summed E-state index contributed by atoms with van der Waals surface area (Å²) >= 11 is 0. The number of nitrogens with one attached hydrogen (secondary N) is 1. The van der Waals surface area contributed by atoms with Crippen molar-refractivity contribution in [3.63, 3.8) is 0 Å². The van der Waals surface area contributed by atoms with Crippen LogP contribution in [0.5, 0.6) is 0 Å². The number of hydrogen-bond donors (Lipinski definition) is 1. The quantitative estimate of drug-likeness (QED) is 0.724. The molecule has 1 fully saturated rings. The van der Waals surface area contributed by atoms with Gasteiger partial charge in [-0.3, -0.25) is 0 Å². The molecule has 0 aromatic rings. The largest absolute Gasteiger partial charge is 0.313 e. The minimum Gasteiger partial charge on any atom is -0.313 e. The predicted octanol–water partition coefficient (Wildman–Crippen LogP) is 1.45. The molecule has 1 rings (SSSR count). The van der Waals surface area contributed by atoms with Gasteiger partial charge >= 0.3 is 0 Å². The molecule has 3 nitrogen and oxygen atoms in total. The van der Waals surface area contributed by atoms with Crippen molar-refractivity contribution in [3.05, 3.63) is 0 Å². The first-order valence-corrected chi connectivity index (χ1v) is 7.66. The van der Waals surface area contributed by atoms with Crippen molar-refractivity contribution in [1.82, 2.24) is 5.32 Å². The van der Waals surface area contributed by atoms with Crippen LogP contribution in [0.3, 0.4) is 0 Å². The Morgan fingerprint density at radius 2 is 1.87 bits per heavy atom. The fraction of sp³-hybridized carbons (Fsp3) is 1.00. The molecule has 0 aromatic carbocycles. The van der Waals surface area contributed by atoms with E-state index in [4.69, 9.17) is 0 Å². The first-order valence-electron chi connectivity index (χ1n) is 5.84. The zero-order chi connectivity index (χ0) is 11.5. The molecule has 0 amide bonds. The molecule has 4 heteroatoms. The Labute approximate surface area is 93.6 Å². The Kier molecular flexibility index (Phi) is 4.59. The van der Waals surface area contributed by atoms with E-state index < -0.39 is 9.84 Å². The number of sulfone groups is 1. The zero-order valence-corrected chi connectivity index (χ0v) is 10.8. The van der Waals surface area contributed by atoms with Crippen LogP contribution in [0.1, 0.15) is 33.6 Å². The van der Waals surface area contributed by atoms with Crippen LogP contribution in [0, 0.1) is 11.8 Å². The first kappa shape index (κ1) is 13.0. The highest BCUT2D eigenvalue weighted by Gasteiger charge is 2.27. The van der Waals surface area contributed by atoms with Crippen LogP contribution in [0.15, 0.2) is 0 Å². The van der Waals surface area contributed by atoms with Crippen LogP contribution in [-0.4, -0.2) is 32.5 Å². The molecule has 1 N–H and O–H groups in total. The topological polar surface area (TPSA) is 46.2 Å². The van der Waals surface area contributed by atoms with Gasteiger partial charge in [0.1, 0.15) is 0 Å². The van der Waals surface area contributed by atoms with Crippen molar-refractivity contribution in [1.29, 1.82) is 0 Å². The second-order valence-electron chi connectivity index (χ2n) is 5.04. The van der Waals surface area contributed by atoms with E-state index >= 15 is 0 Å². The minimum atomic E-state index is -2.80. The predicted molar refractivity (Wildman–Crippen MR) is 63.7 cm³/mol. The molecule has 0 spiro atoms. The molecule has 0 saturated heterocycles. The highest BCUT2D eigenvalue weighted by Crippen LogP contribution is 2.30. The molecule has 1 saturated carbocycles. The van der Waals surface area contributed by atoms with Gasteiger partial charge in [0.15, 0.2) is 9.84 Å². The van der Waals surface area contributed by atoms with Gasteiger partial charge in [-0.15, -0.1) is 0 Å². The van der Waals surface area contributed by atoms with Gasteiger partial charge in [0.05, 0.1) is 11.5 Å². The molecule has 1 atom stereocenters. The van der Waals surface area contributed by atoms with E-state index in [1.165, 1.54) is 0 Å². The summed E-state index contributed by atoms with van der Waals surface area (Å²) in [5.74, 6) is 1.72. The summed E-state index contributed by atoms with van der Waals surface area (Å²) in [7, 11) is -2.80. The maximum Gasteiger partial charge on any atom is 0.151 e. The van der Waals surface area contributed by atoms with E-state index in [2.05, 4.69) is 26.1 Å². The Hall–Kier alpha value is -0.0900. The van der Waals surface area contributed by atoms with Gasteiger partial charge in [-0.1, -0.05) is 13.8 Å². The van der Waals surface area contributed by atoms with E-state index in [1.54, 1.807) is 0 Å². The molecule has 90 valence electrons. The van der Waals surface area contributed by atoms with Crippen molar-refractivity contribution < 1.29 is 8.42 Å². The van der Waals surface area contributed by atoms with Crippen molar-refractivity contribution in [2.75, 3.05) is 18.1 Å². The molecule has 15 heavy (non-hydrogen) atoms. The molecule has 0 heterocycles. The second-order valence-corrected chi connectivity index (χ2v) is 7.27. The third-order valence-electron chi connectivity index (χ3n) is 3.07. The van der Waals surface area contributed by atoms with Gasteiger partial charge in [-0.05, 0) is 31.6 Å². The normalized spacial score (nSPS) is 19.5. The molecule has 0 aliphatic heterocycles. The van der Waals surface area contributed by atoms with Gasteiger partial charge in [0, 0.05) is 12.6 Å². The Bertz CT molecular complexity index is 281. The fourth-order valence-corrected chi connectivity index (χ4v) is 3.05. The smallest absolute Gasteiger partial charge is 0.151 e. The van der Waals surface area contributed by atoms with Crippen LogP contribution in [-0.2, 0) is 9.84 Å². The zero-order valence-electron chi connectivity index (χ0n) is 9.99. The summed E-state index contributed by atoms with van der Waals surface area (Å²) in [4.78, 5) is 0. The van der Waals surface area contributed by atoms with Gasteiger partial charge < -0.3 is 5.32 Å². The molecule has 0 bridgehead atoms. The van der Waals surface area contributed by atoms with Crippen molar-refractivity contribution in [3.8, 4) is 0 Å². The van der Waals surface area contributed by atoms with Gasteiger partial charge in [-0.2, -0.15) is 0 Å². The highest BCUT2D eigenvalue weighted by molar-refractivity contribution is 7.91. The fourth-order valence-electron chi connectivity index (χ4n) is 1.40. The van der Waals surface area contributed by atoms with Crippen LogP contribution >= 0.6 is 0 Å². The summed E-state index contributed by atoms with van der Waals surface area (Å²) in [6.45, 7) is 6.96. The lowest BCUT2D eigenvalue weighted by Crippen LogP contribution is -2.35. The third kappa shape index (κ3) is 5.52. The van der Waals surface area contributed by atoms with Crippen molar-refractivity contribution in [2.24, 2.45) is 11.8 Å². The first-order chi connectivity index (χ1) is 6.91. The van der Waals surface area contributed by atoms with Crippen LogP contribution in [0.25, 0.3) is 0 Å². The molecule has 1 unspecified atom stereocenters. The van der Waals surface area contributed by atoms with E-state index in [0.717, 1.165) is 12.8 Å². The monoisotopic (exact) mass is 233 g/mol. The third-order valence-corrected chi connectivity index (χ3v) is 4.87. The van der Waals surface area contributed by atoms with E-state index in [9.17, 15) is 8.42 Å². The lowest BCUT2D eigenvalue weighted by molar-refractivity contribution is 0.437. The number of rotatable bonds is 7. The molecular formula is C11H23NO2S. The number of hydrogen-bond acceptors (Lipinski definition) is 3. The van der Waals surface area contributed by atoms with Gasteiger partial charge in [0.25, 0.3) is 0 Å². The van der Waals surface area contributed by atoms with E-state index in [-0.39, 0.29) is 0 Å². The Morgan fingerprint density at radius 3 is 2.33 bits per heavy atom. The minimum absolute atomic E-state index is 0.292. The standard InChI is InChI=1S/C11H23NO2S/c1-9(2)10(3)12-6-7-15(13,14)8-11-4-5-11/h9-12H,4-8H2,1-3H3. The lowest BCUT2D eigenvalue weighted by Gasteiger charge is -2.17. The molecule has 0 aromatic heterocycles. The molecule has 1 aliphatic carbocycles. The summed E-state index contributed by atoms with van der Waals surface area (Å²) in [6, 6.07) is 0.390. The second kappa shape index (κ2) is 5.30. The average Bonchev–Trinajstić information content (AvgIpc) is 2.86.